The maximum absolute atomic E-state index is 6.03. The molecule has 0 bridgehead atoms. The first-order valence-corrected chi connectivity index (χ1v) is 7.70. The van der Waals surface area contributed by atoms with Gasteiger partial charge in [0.05, 0.1) is 18.1 Å². The minimum Gasteiger partial charge on any atom is -0.496 e. The molecule has 0 radical (unpaired) electrons. The molecule has 2 N–H and O–H groups in total. The van der Waals surface area contributed by atoms with Gasteiger partial charge in [0.25, 0.3) is 0 Å². The van der Waals surface area contributed by atoms with Crippen molar-refractivity contribution in [1.82, 2.24) is 4.90 Å². The molecule has 20 heavy (non-hydrogen) atoms. The van der Waals surface area contributed by atoms with E-state index in [0.29, 0.717) is 11.0 Å². The molecule has 1 atom stereocenters. The van der Waals surface area contributed by atoms with Gasteiger partial charge in [0.1, 0.15) is 5.75 Å². The topological polar surface area (TPSA) is 38.5 Å². The molecule has 1 aromatic carbocycles. The predicted octanol–water partition coefficient (Wildman–Crippen LogP) is 3.29. The van der Waals surface area contributed by atoms with Crippen LogP contribution in [0.4, 0.5) is 0 Å². The fourth-order valence-corrected chi connectivity index (χ4v) is 3.46. The zero-order valence-corrected chi connectivity index (χ0v) is 13.2. The Balaban J connectivity index is 2.28. The number of thiocarbonyl (C=S) groups is 1. The minimum absolute atomic E-state index is 0.0516. The molecule has 4 heteroatoms. The van der Waals surface area contributed by atoms with E-state index in [4.69, 9.17) is 22.7 Å². The lowest BCUT2D eigenvalue weighted by Crippen LogP contribution is -2.41. The largest absolute Gasteiger partial charge is 0.496 e. The second-order valence-corrected chi connectivity index (χ2v) is 5.98. The third-order valence-corrected chi connectivity index (χ3v) is 4.48. The number of ether oxygens (including phenoxy) is 1. The fourth-order valence-electron chi connectivity index (χ4n) is 3.16. The number of likely N-dealkylation sites (N-methyl/N-ethyl adjacent to an activating group) is 1. The van der Waals surface area contributed by atoms with E-state index in [2.05, 4.69) is 18.0 Å². The number of nitrogens with two attached hydrogens (primary N) is 1. The number of methoxy groups -OCH3 is 1. The van der Waals surface area contributed by atoms with Gasteiger partial charge in [0, 0.05) is 11.6 Å². The SMILES string of the molecule is COc1ccccc1C(C(N)=S)N(C)C1CCCCC1. The van der Waals surface area contributed by atoms with Gasteiger partial charge in [-0.1, -0.05) is 49.7 Å². The van der Waals surface area contributed by atoms with E-state index in [1.54, 1.807) is 7.11 Å². The summed E-state index contributed by atoms with van der Waals surface area (Å²) in [6.07, 6.45) is 6.39. The van der Waals surface area contributed by atoms with Gasteiger partial charge in [-0.05, 0) is 26.0 Å². The predicted molar refractivity (Wildman–Crippen MR) is 87.2 cm³/mol. The Labute approximate surface area is 127 Å². The van der Waals surface area contributed by atoms with Crippen molar-refractivity contribution in [2.24, 2.45) is 5.73 Å². The smallest absolute Gasteiger partial charge is 0.124 e. The van der Waals surface area contributed by atoms with E-state index in [1.165, 1.54) is 32.1 Å². The standard InChI is InChI=1S/C16H24N2OS/c1-18(12-8-4-3-5-9-12)15(16(17)20)13-10-6-7-11-14(13)19-2/h6-7,10-12,15H,3-5,8-9H2,1-2H3,(H2,17,20). The minimum atomic E-state index is -0.0516. The first-order chi connectivity index (χ1) is 9.65. The van der Waals surface area contributed by atoms with Crippen molar-refractivity contribution in [3.63, 3.8) is 0 Å². The van der Waals surface area contributed by atoms with Crippen LogP contribution in [0.1, 0.15) is 43.7 Å². The molecule has 2 rings (SSSR count). The van der Waals surface area contributed by atoms with Crippen LogP contribution in [0.2, 0.25) is 0 Å². The molecular weight excluding hydrogens is 268 g/mol. The normalized spacial score (nSPS) is 17.9. The maximum atomic E-state index is 6.03. The van der Waals surface area contributed by atoms with Gasteiger partial charge < -0.3 is 10.5 Å². The van der Waals surface area contributed by atoms with Crippen molar-refractivity contribution in [3.05, 3.63) is 29.8 Å². The summed E-state index contributed by atoms with van der Waals surface area (Å²) in [4.78, 5) is 2.85. The van der Waals surface area contributed by atoms with Crippen LogP contribution < -0.4 is 10.5 Å². The molecule has 0 spiro atoms. The van der Waals surface area contributed by atoms with Crippen LogP contribution in [0.3, 0.4) is 0 Å². The van der Waals surface area contributed by atoms with Gasteiger partial charge in [-0.2, -0.15) is 0 Å². The molecule has 0 heterocycles. The molecule has 0 aromatic heterocycles. The summed E-state index contributed by atoms with van der Waals surface area (Å²) in [5.74, 6) is 0.855. The van der Waals surface area contributed by atoms with E-state index in [-0.39, 0.29) is 6.04 Å². The number of nitrogens with zero attached hydrogens (tertiary/aromatic N) is 1. The van der Waals surface area contributed by atoms with E-state index in [9.17, 15) is 0 Å². The Morgan fingerprint density at radius 1 is 1.30 bits per heavy atom. The highest BCUT2D eigenvalue weighted by Gasteiger charge is 2.29. The maximum Gasteiger partial charge on any atom is 0.124 e. The van der Waals surface area contributed by atoms with Crippen molar-refractivity contribution in [1.29, 1.82) is 0 Å². The molecule has 3 nitrogen and oxygen atoms in total. The van der Waals surface area contributed by atoms with Gasteiger partial charge in [-0.15, -0.1) is 0 Å². The number of hydrogen-bond donors (Lipinski definition) is 1. The van der Waals surface area contributed by atoms with E-state index < -0.39 is 0 Å². The second-order valence-electron chi connectivity index (χ2n) is 5.50. The summed E-state index contributed by atoms with van der Waals surface area (Å²) < 4.78 is 5.47. The summed E-state index contributed by atoms with van der Waals surface area (Å²) in [5.41, 5.74) is 7.10. The van der Waals surface area contributed by atoms with Crippen LogP contribution >= 0.6 is 12.2 Å². The highest BCUT2D eigenvalue weighted by molar-refractivity contribution is 7.80. The van der Waals surface area contributed by atoms with E-state index >= 15 is 0 Å². The van der Waals surface area contributed by atoms with Crippen LogP contribution in [0, 0.1) is 0 Å². The number of para-hydroxylation sites is 1. The molecule has 0 saturated heterocycles. The summed E-state index contributed by atoms with van der Waals surface area (Å²) in [5, 5.41) is 0. The quantitative estimate of drug-likeness (QED) is 0.845. The first kappa shape index (κ1) is 15.3. The highest BCUT2D eigenvalue weighted by Crippen LogP contribution is 2.33. The van der Waals surface area contributed by atoms with Crippen molar-refractivity contribution in [3.8, 4) is 5.75 Å². The molecule has 1 fully saturated rings. The molecule has 1 aromatic rings. The van der Waals surface area contributed by atoms with Crippen LogP contribution in [0.25, 0.3) is 0 Å². The monoisotopic (exact) mass is 292 g/mol. The van der Waals surface area contributed by atoms with Gasteiger partial charge >= 0.3 is 0 Å². The average Bonchev–Trinajstić information content (AvgIpc) is 2.48. The van der Waals surface area contributed by atoms with Crippen LogP contribution in [0.5, 0.6) is 5.75 Å². The Morgan fingerprint density at radius 2 is 1.95 bits per heavy atom. The van der Waals surface area contributed by atoms with Gasteiger partial charge in [-0.3, -0.25) is 4.90 Å². The van der Waals surface area contributed by atoms with Crippen molar-refractivity contribution < 1.29 is 4.74 Å². The molecule has 0 amide bonds. The summed E-state index contributed by atoms with van der Waals surface area (Å²) in [7, 11) is 3.82. The van der Waals surface area contributed by atoms with Crippen molar-refractivity contribution in [2.45, 2.75) is 44.2 Å². The Hall–Kier alpha value is -1.13. The molecule has 0 aliphatic heterocycles. The van der Waals surface area contributed by atoms with Gasteiger partial charge in [0.2, 0.25) is 0 Å². The third-order valence-electron chi connectivity index (χ3n) is 4.26. The summed E-state index contributed by atoms with van der Waals surface area (Å²) in [6, 6.07) is 8.51. The molecule has 1 aliphatic carbocycles. The van der Waals surface area contributed by atoms with Crippen molar-refractivity contribution >= 4 is 17.2 Å². The highest BCUT2D eigenvalue weighted by atomic mass is 32.1. The zero-order chi connectivity index (χ0) is 14.5. The molecule has 1 unspecified atom stereocenters. The average molecular weight is 292 g/mol. The van der Waals surface area contributed by atoms with E-state index in [0.717, 1.165) is 11.3 Å². The first-order valence-electron chi connectivity index (χ1n) is 7.29. The Kier molecular flexibility index (Phi) is 5.38. The van der Waals surface area contributed by atoms with Crippen LogP contribution in [0.15, 0.2) is 24.3 Å². The number of rotatable bonds is 5. The Bertz CT molecular complexity index is 458. The number of hydrogen-bond acceptors (Lipinski definition) is 3. The Morgan fingerprint density at radius 3 is 2.55 bits per heavy atom. The number of benzene rings is 1. The lowest BCUT2D eigenvalue weighted by molar-refractivity contribution is 0.168. The molecule has 110 valence electrons. The van der Waals surface area contributed by atoms with Crippen molar-refractivity contribution in [2.75, 3.05) is 14.2 Å². The fraction of sp³-hybridized carbons (Fsp3) is 0.562. The molecule has 1 saturated carbocycles. The zero-order valence-electron chi connectivity index (χ0n) is 12.3. The van der Waals surface area contributed by atoms with Gasteiger partial charge in [-0.25, -0.2) is 0 Å². The summed E-state index contributed by atoms with van der Waals surface area (Å²) >= 11 is 5.33. The van der Waals surface area contributed by atoms with Gasteiger partial charge in [0.15, 0.2) is 0 Å². The second kappa shape index (κ2) is 7.04. The molecular formula is C16H24N2OS. The van der Waals surface area contributed by atoms with Crippen LogP contribution in [-0.2, 0) is 0 Å². The molecule has 1 aliphatic rings. The van der Waals surface area contributed by atoms with E-state index in [1.807, 2.05) is 18.2 Å². The van der Waals surface area contributed by atoms with Crippen LogP contribution in [-0.4, -0.2) is 30.1 Å². The third kappa shape index (κ3) is 3.30. The summed E-state index contributed by atoms with van der Waals surface area (Å²) in [6.45, 7) is 0. The lowest BCUT2D eigenvalue weighted by Gasteiger charge is -2.37. The lowest BCUT2D eigenvalue weighted by atomic mass is 9.92.